The summed E-state index contributed by atoms with van der Waals surface area (Å²) in [6.45, 7) is 1.04. The molecule has 0 saturated carbocycles. The fourth-order valence-corrected chi connectivity index (χ4v) is 3.04. The number of alkyl halides is 3. The lowest BCUT2D eigenvalue weighted by Crippen LogP contribution is -2.38. The van der Waals surface area contributed by atoms with Crippen LogP contribution in [-0.2, 0) is 11.0 Å². The van der Waals surface area contributed by atoms with Crippen LogP contribution in [0.2, 0.25) is 0 Å². The molecule has 1 N–H and O–H groups in total. The summed E-state index contributed by atoms with van der Waals surface area (Å²) in [6.07, 6.45) is -2.22. The molecule has 0 bridgehead atoms. The number of benzene rings is 2. The van der Waals surface area contributed by atoms with Crippen LogP contribution in [0, 0.1) is 10.1 Å². The third-order valence-electron chi connectivity index (χ3n) is 4.59. The van der Waals surface area contributed by atoms with Crippen molar-refractivity contribution in [3.05, 3.63) is 76.4 Å². The molecule has 2 aromatic carbocycles. The summed E-state index contributed by atoms with van der Waals surface area (Å²) in [4.78, 5) is 40.8. The summed E-state index contributed by atoms with van der Waals surface area (Å²) in [5.41, 5.74) is -1.86. The van der Waals surface area contributed by atoms with Gasteiger partial charge in [0.1, 0.15) is 24.9 Å². The van der Waals surface area contributed by atoms with Crippen LogP contribution in [0.3, 0.4) is 0 Å². The Balaban J connectivity index is 1.80. The highest BCUT2D eigenvalue weighted by Crippen LogP contribution is 2.34. The second-order valence-electron chi connectivity index (χ2n) is 6.71. The van der Waals surface area contributed by atoms with E-state index in [0.29, 0.717) is 0 Å². The van der Waals surface area contributed by atoms with E-state index >= 15 is 0 Å². The van der Waals surface area contributed by atoms with E-state index in [1.165, 1.54) is 36.9 Å². The number of nitrogens with zero attached hydrogens (tertiary/aromatic N) is 5. The zero-order valence-corrected chi connectivity index (χ0v) is 17.1. The van der Waals surface area contributed by atoms with Crippen molar-refractivity contribution in [1.82, 2.24) is 19.7 Å². The maximum atomic E-state index is 13.1. The van der Waals surface area contributed by atoms with Crippen molar-refractivity contribution < 1.29 is 27.7 Å². The molecule has 1 heterocycles. The number of carbonyl (C=O) groups excluding carboxylic acids is 2. The SMILES string of the molecule is CCN(CC(=O)Nc1ccccc1C(F)(F)F)C(=O)c1ccc(-n2cncn2)c([N+](=O)[O-])c1. The molecular weight excluding hydrogens is 445 g/mol. The van der Waals surface area contributed by atoms with Crippen LogP contribution in [0.5, 0.6) is 0 Å². The van der Waals surface area contributed by atoms with Gasteiger partial charge in [0.25, 0.3) is 11.6 Å². The van der Waals surface area contributed by atoms with Gasteiger partial charge in [0.05, 0.1) is 16.2 Å². The zero-order valence-electron chi connectivity index (χ0n) is 17.1. The minimum absolute atomic E-state index is 0.0335. The summed E-state index contributed by atoms with van der Waals surface area (Å²) >= 11 is 0. The number of nitro groups is 1. The van der Waals surface area contributed by atoms with Gasteiger partial charge in [-0.25, -0.2) is 9.67 Å². The largest absolute Gasteiger partial charge is 0.418 e. The predicted molar refractivity (Wildman–Crippen MR) is 110 cm³/mol. The van der Waals surface area contributed by atoms with E-state index in [2.05, 4.69) is 15.4 Å². The second kappa shape index (κ2) is 9.46. The topological polar surface area (TPSA) is 123 Å². The van der Waals surface area contributed by atoms with E-state index in [1.54, 1.807) is 6.92 Å². The van der Waals surface area contributed by atoms with E-state index in [0.717, 1.165) is 27.8 Å². The third kappa shape index (κ3) is 5.31. The predicted octanol–water partition coefficient (Wildman–Crippen LogP) is 3.30. The molecule has 33 heavy (non-hydrogen) atoms. The van der Waals surface area contributed by atoms with Crippen molar-refractivity contribution in [1.29, 1.82) is 0 Å². The van der Waals surface area contributed by atoms with E-state index < -0.39 is 46.4 Å². The van der Waals surface area contributed by atoms with E-state index in [1.807, 2.05) is 0 Å². The van der Waals surface area contributed by atoms with Crippen molar-refractivity contribution in [2.75, 3.05) is 18.4 Å². The Morgan fingerprint density at radius 1 is 1.21 bits per heavy atom. The average Bonchev–Trinajstić information content (AvgIpc) is 3.31. The number of para-hydroxylation sites is 1. The molecule has 3 rings (SSSR count). The fraction of sp³-hybridized carbons (Fsp3) is 0.200. The Kier molecular flexibility index (Phi) is 6.70. The van der Waals surface area contributed by atoms with Crippen LogP contribution >= 0.6 is 0 Å². The summed E-state index contributed by atoms with van der Waals surface area (Å²) in [7, 11) is 0. The quantitative estimate of drug-likeness (QED) is 0.425. The molecule has 2 amide bonds. The van der Waals surface area contributed by atoms with Crippen LogP contribution in [0.15, 0.2) is 55.1 Å². The van der Waals surface area contributed by atoms with Gasteiger partial charge in [-0.05, 0) is 31.2 Å². The minimum atomic E-state index is -4.67. The highest BCUT2D eigenvalue weighted by atomic mass is 19.4. The van der Waals surface area contributed by atoms with Crippen molar-refractivity contribution in [2.45, 2.75) is 13.1 Å². The number of likely N-dealkylation sites (N-methyl/N-ethyl adjacent to an activating group) is 1. The molecule has 10 nitrogen and oxygen atoms in total. The molecule has 3 aromatic rings. The van der Waals surface area contributed by atoms with Crippen molar-refractivity contribution in [2.24, 2.45) is 0 Å². The van der Waals surface area contributed by atoms with E-state index in [-0.39, 0.29) is 17.8 Å². The van der Waals surface area contributed by atoms with Gasteiger partial charge in [-0.1, -0.05) is 12.1 Å². The lowest BCUT2D eigenvalue weighted by Gasteiger charge is -2.21. The third-order valence-corrected chi connectivity index (χ3v) is 4.59. The molecule has 13 heteroatoms. The molecule has 0 aliphatic carbocycles. The first-order valence-corrected chi connectivity index (χ1v) is 9.50. The van der Waals surface area contributed by atoms with Crippen LogP contribution in [0.1, 0.15) is 22.8 Å². The molecule has 0 aliphatic rings. The van der Waals surface area contributed by atoms with Gasteiger partial charge < -0.3 is 10.2 Å². The first kappa shape index (κ1) is 23.4. The number of nitro benzene ring substituents is 1. The number of amides is 2. The normalized spacial score (nSPS) is 11.2. The van der Waals surface area contributed by atoms with Gasteiger partial charge in [0.2, 0.25) is 5.91 Å². The maximum absolute atomic E-state index is 13.1. The Labute approximate surface area is 184 Å². The number of aromatic nitrogens is 3. The molecule has 0 spiro atoms. The molecule has 0 atom stereocenters. The molecule has 1 aromatic heterocycles. The van der Waals surface area contributed by atoms with Gasteiger partial charge in [-0.3, -0.25) is 19.7 Å². The number of carbonyl (C=O) groups is 2. The van der Waals surface area contributed by atoms with Crippen molar-refractivity contribution in [3.8, 4) is 5.69 Å². The van der Waals surface area contributed by atoms with Crippen LogP contribution < -0.4 is 5.32 Å². The lowest BCUT2D eigenvalue weighted by atomic mass is 10.1. The lowest BCUT2D eigenvalue weighted by molar-refractivity contribution is -0.384. The highest BCUT2D eigenvalue weighted by Gasteiger charge is 2.33. The van der Waals surface area contributed by atoms with Crippen molar-refractivity contribution >= 4 is 23.2 Å². The summed E-state index contributed by atoms with van der Waals surface area (Å²) in [5.74, 6) is -1.55. The smallest absolute Gasteiger partial charge is 0.330 e. The Morgan fingerprint density at radius 2 is 1.94 bits per heavy atom. The Hall–Kier alpha value is -4.29. The van der Waals surface area contributed by atoms with Crippen LogP contribution in [0.4, 0.5) is 24.5 Å². The van der Waals surface area contributed by atoms with E-state index in [4.69, 9.17) is 0 Å². The summed E-state index contributed by atoms with van der Waals surface area (Å²) < 4.78 is 40.6. The first-order valence-electron chi connectivity index (χ1n) is 9.50. The average molecular weight is 462 g/mol. The summed E-state index contributed by atoms with van der Waals surface area (Å²) in [6, 6.07) is 8.14. The molecule has 0 radical (unpaired) electrons. The fourth-order valence-electron chi connectivity index (χ4n) is 3.04. The van der Waals surface area contributed by atoms with Gasteiger partial charge in [-0.15, -0.1) is 0 Å². The maximum Gasteiger partial charge on any atom is 0.418 e. The molecule has 0 unspecified atom stereocenters. The van der Waals surface area contributed by atoms with Gasteiger partial charge in [0.15, 0.2) is 0 Å². The molecule has 0 fully saturated rings. The minimum Gasteiger partial charge on any atom is -0.330 e. The van der Waals surface area contributed by atoms with E-state index in [9.17, 15) is 32.9 Å². The van der Waals surface area contributed by atoms with Gasteiger partial charge in [-0.2, -0.15) is 18.3 Å². The number of hydrogen-bond acceptors (Lipinski definition) is 6. The second-order valence-corrected chi connectivity index (χ2v) is 6.71. The van der Waals surface area contributed by atoms with Gasteiger partial charge >= 0.3 is 6.18 Å². The zero-order chi connectivity index (χ0) is 24.2. The molecular formula is C20H17F3N6O4. The monoisotopic (exact) mass is 462 g/mol. The van der Waals surface area contributed by atoms with Crippen LogP contribution in [-0.4, -0.2) is 49.5 Å². The summed E-state index contributed by atoms with van der Waals surface area (Å²) in [5, 5.41) is 17.5. The van der Waals surface area contributed by atoms with Crippen molar-refractivity contribution in [3.63, 3.8) is 0 Å². The number of rotatable bonds is 7. The van der Waals surface area contributed by atoms with Gasteiger partial charge in [0, 0.05) is 18.2 Å². The molecule has 0 saturated heterocycles. The number of anilines is 1. The highest BCUT2D eigenvalue weighted by molar-refractivity contribution is 6.00. The van der Waals surface area contributed by atoms with Crippen LogP contribution in [0.25, 0.3) is 5.69 Å². The number of halogens is 3. The molecule has 172 valence electrons. The number of nitrogens with one attached hydrogen (secondary N) is 1. The number of hydrogen-bond donors (Lipinski definition) is 1. The first-order chi connectivity index (χ1) is 15.6. The molecule has 0 aliphatic heterocycles. The Morgan fingerprint density at radius 3 is 2.55 bits per heavy atom. The standard InChI is InChI=1S/C20H17F3N6O4/c1-2-27(10-18(30)26-15-6-4-3-5-14(15)20(21,22)23)19(31)13-7-8-16(17(9-13)29(32)33)28-12-24-11-25-28/h3-9,11-12H,2,10H2,1H3,(H,26,30). The Bertz CT molecular complexity index is 1180.